The molecular weight excluding hydrogens is 218 g/mol. The number of amides is 1. The van der Waals surface area contributed by atoms with Gasteiger partial charge in [-0.05, 0) is 27.7 Å². The second kappa shape index (κ2) is 6.78. The third-order valence-electron chi connectivity index (χ3n) is 1.81. The van der Waals surface area contributed by atoms with Crippen LogP contribution in [0.5, 0.6) is 0 Å². The number of terminal acetylenes is 1. The minimum absolute atomic E-state index is 0.276. The molecular formula is C12H19N3O2. The number of hydrogen-bond acceptors (Lipinski definition) is 4. The van der Waals surface area contributed by atoms with Crippen LogP contribution in [0.3, 0.4) is 0 Å². The van der Waals surface area contributed by atoms with Crippen molar-refractivity contribution in [2.75, 3.05) is 6.54 Å². The van der Waals surface area contributed by atoms with Crippen LogP contribution in [-0.4, -0.2) is 30.3 Å². The minimum Gasteiger partial charge on any atom is -0.444 e. The highest BCUT2D eigenvalue weighted by Gasteiger charge is 2.21. The number of carbonyl (C=O) groups is 1. The summed E-state index contributed by atoms with van der Waals surface area (Å²) in [7, 11) is 0. The molecule has 94 valence electrons. The van der Waals surface area contributed by atoms with Gasteiger partial charge in [0.15, 0.2) is 0 Å². The van der Waals surface area contributed by atoms with Crippen molar-refractivity contribution in [1.82, 2.24) is 10.6 Å². The lowest BCUT2D eigenvalue weighted by molar-refractivity contribution is 0.0503. The summed E-state index contributed by atoms with van der Waals surface area (Å²) in [6.07, 6.45) is 4.53. The third-order valence-corrected chi connectivity index (χ3v) is 1.81. The number of alkyl carbamates (subject to hydrolysis) is 1. The molecule has 0 aliphatic carbocycles. The van der Waals surface area contributed by atoms with Gasteiger partial charge in [0, 0.05) is 0 Å². The van der Waals surface area contributed by atoms with E-state index in [1.807, 2.05) is 6.07 Å². The van der Waals surface area contributed by atoms with Gasteiger partial charge in [-0.1, -0.05) is 5.92 Å². The fraction of sp³-hybridized carbons (Fsp3) is 0.667. The van der Waals surface area contributed by atoms with Crippen LogP contribution in [0.4, 0.5) is 4.79 Å². The maximum Gasteiger partial charge on any atom is 0.407 e. The molecule has 0 bridgehead atoms. The Morgan fingerprint density at radius 1 is 1.53 bits per heavy atom. The van der Waals surface area contributed by atoms with E-state index < -0.39 is 17.7 Å². The van der Waals surface area contributed by atoms with E-state index in [4.69, 9.17) is 16.4 Å². The van der Waals surface area contributed by atoms with Gasteiger partial charge >= 0.3 is 6.09 Å². The summed E-state index contributed by atoms with van der Waals surface area (Å²) < 4.78 is 5.08. The molecule has 2 unspecified atom stereocenters. The number of nitrogens with zero attached hydrogens (tertiary/aromatic N) is 1. The van der Waals surface area contributed by atoms with Crippen LogP contribution in [0.2, 0.25) is 0 Å². The summed E-state index contributed by atoms with van der Waals surface area (Å²) in [6, 6.07) is 1.10. The van der Waals surface area contributed by atoms with Crippen LogP contribution in [0.15, 0.2) is 0 Å². The maximum absolute atomic E-state index is 11.5. The van der Waals surface area contributed by atoms with Crippen molar-refractivity contribution in [1.29, 1.82) is 5.26 Å². The standard InChI is InChI=1S/C12H19N3O2/c1-6-7-14-10(8-13)9(2)15-11(16)17-12(3,4)5/h1,9-10,14H,7H2,2-5H3,(H,15,16). The zero-order chi connectivity index (χ0) is 13.5. The lowest BCUT2D eigenvalue weighted by Gasteiger charge is -2.23. The van der Waals surface area contributed by atoms with Crippen LogP contribution in [0, 0.1) is 23.7 Å². The zero-order valence-corrected chi connectivity index (χ0v) is 10.7. The average molecular weight is 237 g/mol. The molecule has 0 heterocycles. The second-order valence-corrected chi connectivity index (χ2v) is 4.63. The molecule has 0 fully saturated rings. The van der Waals surface area contributed by atoms with E-state index in [1.54, 1.807) is 27.7 Å². The number of nitriles is 1. The van der Waals surface area contributed by atoms with Gasteiger partial charge in [0.2, 0.25) is 0 Å². The van der Waals surface area contributed by atoms with Gasteiger partial charge < -0.3 is 10.1 Å². The monoisotopic (exact) mass is 237 g/mol. The van der Waals surface area contributed by atoms with Crippen LogP contribution in [0.25, 0.3) is 0 Å². The first-order valence-electron chi connectivity index (χ1n) is 5.36. The Morgan fingerprint density at radius 2 is 2.12 bits per heavy atom. The lowest BCUT2D eigenvalue weighted by Crippen LogP contribution is -2.48. The van der Waals surface area contributed by atoms with Crippen molar-refractivity contribution in [3.63, 3.8) is 0 Å². The number of rotatable bonds is 4. The Balaban J connectivity index is 4.24. The van der Waals surface area contributed by atoms with Crippen LogP contribution >= 0.6 is 0 Å². The van der Waals surface area contributed by atoms with Crippen molar-refractivity contribution >= 4 is 6.09 Å². The Kier molecular flexibility index (Phi) is 6.09. The third kappa shape index (κ3) is 7.21. The Labute approximate surface area is 103 Å². The van der Waals surface area contributed by atoms with Gasteiger partial charge in [-0.2, -0.15) is 5.26 Å². The smallest absolute Gasteiger partial charge is 0.407 e. The van der Waals surface area contributed by atoms with E-state index in [0.717, 1.165) is 0 Å². The van der Waals surface area contributed by atoms with Gasteiger partial charge in [0.1, 0.15) is 11.6 Å². The summed E-state index contributed by atoms with van der Waals surface area (Å²) in [4.78, 5) is 11.5. The first-order valence-corrected chi connectivity index (χ1v) is 5.36. The van der Waals surface area contributed by atoms with Crippen molar-refractivity contribution in [3.8, 4) is 18.4 Å². The maximum atomic E-state index is 11.5. The molecule has 0 spiro atoms. The van der Waals surface area contributed by atoms with E-state index in [1.165, 1.54) is 0 Å². The second-order valence-electron chi connectivity index (χ2n) is 4.63. The summed E-state index contributed by atoms with van der Waals surface area (Å²) >= 11 is 0. The highest BCUT2D eigenvalue weighted by molar-refractivity contribution is 5.68. The predicted octanol–water partition coefficient (Wildman–Crippen LogP) is 1.01. The van der Waals surface area contributed by atoms with Crippen molar-refractivity contribution in [3.05, 3.63) is 0 Å². The molecule has 0 aliphatic rings. The number of hydrogen-bond donors (Lipinski definition) is 2. The largest absolute Gasteiger partial charge is 0.444 e. The van der Waals surface area contributed by atoms with Gasteiger partial charge in [-0.25, -0.2) is 4.79 Å². The number of carbonyl (C=O) groups excluding carboxylic acids is 1. The predicted molar refractivity (Wildman–Crippen MR) is 65.1 cm³/mol. The van der Waals surface area contributed by atoms with E-state index in [0.29, 0.717) is 0 Å². The van der Waals surface area contributed by atoms with Gasteiger partial charge in [0.25, 0.3) is 0 Å². The van der Waals surface area contributed by atoms with E-state index in [2.05, 4.69) is 16.6 Å². The molecule has 5 heteroatoms. The normalized spacial score (nSPS) is 14.0. The van der Waals surface area contributed by atoms with Gasteiger partial charge in [-0.15, -0.1) is 6.42 Å². The molecule has 2 atom stereocenters. The fourth-order valence-electron chi connectivity index (χ4n) is 1.08. The molecule has 0 rings (SSSR count). The Hall–Kier alpha value is -1.72. The van der Waals surface area contributed by atoms with E-state index >= 15 is 0 Å². The summed E-state index contributed by atoms with van der Waals surface area (Å²) in [5.41, 5.74) is -0.557. The van der Waals surface area contributed by atoms with Gasteiger partial charge in [0.05, 0.1) is 18.7 Å². The quantitative estimate of drug-likeness (QED) is 0.716. The van der Waals surface area contributed by atoms with Crippen LogP contribution in [-0.2, 0) is 4.74 Å². The lowest BCUT2D eigenvalue weighted by atomic mass is 10.1. The average Bonchev–Trinajstić information content (AvgIpc) is 2.15. The van der Waals surface area contributed by atoms with Crippen LogP contribution in [0.1, 0.15) is 27.7 Å². The molecule has 17 heavy (non-hydrogen) atoms. The first-order chi connectivity index (χ1) is 7.80. The Morgan fingerprint density at radius 3 is 2.53 bits per heavy atom. The molecule has 0 aromatic heterocycles. The minimum atomic E-state index is -0.557. The van der Waals surface area contributed by atoms with Gasteiger partial charge in [-0.3, -0.25) is 5.32 Å². The molecule has 0 aromatic rings. The topological polar surface area (TPSA) is 74.2 Å². The SMILES string of the molecule is C#CCNC(C#N)C(C)NC(=O)OC(C)(C)C. The van der Waals surface area contributed by atoms with Crippen molar-refractivity contribution in [2.24, 2.45) is 0 Å². The molecule has 0 aromatic carbocycles. The Bertz CT molecular complexity index is 333. The fourth-order valence-corrected chi connectivity index (χ4v) is 1.08. The molecule has 5 nitrogen and oxygen atoms in total. The molecule has 0 saturated carbocycles. The molecule has 0 radical (unpaired) electrons. The highest BCUT2D eigenvalue weighted by atomic mass is 16.6. The number of ether oxygens (including phenoxy) is 1. The molecule has 1 amide bonds. The van der Waals surface area contributed by atoms with E-state index in [-0.39, 0.29) is 12.6 Å². The molecule has 0 aliphatic heterocycles. The zero-order valence-electron chi connectivity index (χ0n) is 10.7. The highest BCUT2D eigenvalue weighted by Crippen LogP contribution is 2.07. The molecule has 0 saturated heterocycles. The summed E-state index contributed by atoms with van der Waals surface area (Å²) in [6.45, 7) is 7.31. The summed E-state index contributed by atoms with van der Waals surface area (Å²) in [5.74, 6) is 2.37. The molecule has 2 N–H and O–H groups in total. The van der Waals surface area contributed by atoms with Crippen molar-refractivity contribution in [2.45, 2.75) is 45.4 Å². The van der Waals surface area contributed by atoms with Crippen molar-refractivity contribution < 1.29 is 9.53 Å². The number of nitrogens with one attached hydrogen (secondary N) is 2. The summed E-state index contributed by atoms with van der Waals surface area (Å²) in [5, 5.41) is 14.3. The van der Waals surface area contributed by atoms with E-state index in [9.17, 15) is 4.79 Å². The first kappa shape index (κ1) is 15.3. The van der Waals surface area contributed by atoms with Crippen LogP contribution < -0.4 is 10.6 Å².